The summed E-state index contributed by atoms with van der Waals surface area (Å²) in [5.41, 5.74) is -0.239. The summed E-state index contributed by atoms with van der Waals surface area (Å²) in [6, 6.07) is 11.6. The van der Waals surface area contributed by atoms with Gasteiger partial charge in [0.15, 0.2) is 0 Å². The molecule has 0 aliphatic heterocycles. The maximum atomic E-state index is 12.8. The van der Waals surface area contributed by atoms with E-state index in [0.29, 0.717) is 12.1 Å². The molecule has 0 aliphatic rings. The van der Waals surface area contributed by atoms with Crippen molar-refractivity contribution in [3.63, 3.8) is 0 Å². The molecule has 162 valence electrons. The fourth-order valence-corrected chi connectivity index (χ4v) is 3.54. The highest BCUT2D eigenvalue weighted by Gasteiger charge is 2.30. The molecule has 0 bridgehead atoms. The second-order valence-corrected chi connectivity index (χ2v) is 9.56. The van der Waals surface area contributed by atoms with Crippen molar-refractivity contribution in [2.45, 2.75) is 50.4 Å². The van der Waals surface area contributed by atoms with Crippen molar-refractivity contribution >= 4 is 35.0 Å². The van der Waals surface area contributed by atoms with Crippen LogP contribution in [-0.2, 0) is 15.8 Å². The number of carbonyl (C=O) groups is 2. The molecule has 0 heterocycles. The van der Waals surface area contributed by atoms with Crippen LogP contribution in [0.4, 0.5) is 24.5 Å². The zero-order valence-electron chi connectivity index (χ0n) is 17.3. The molecule has 0 saturated carbocycles. The number of halogens is 3. The second kappa shape index (κ2) is 9.55. The van der Waals surface area contributed by atoms with Crippen molar-refractivity contribution < 1.29 is 22.8 Å². The number of carbonyl (C=O) groups excluding carboxylic acids is 2. The van der Waals surface area contributed by atoms with Crippen LogP contribution >= 0.6 is 11.8 Å². The van der Waals surface area contributed by atoms with Crippen molar-refractivity contribution in [2.24, 2.45) is 5.41 Å². The van der Waals surface area contributed by atoms with Gasteiger partial charge < -0.3 is 10.6 Å². The lowest BCUT2D eigenvalue weighted by atomic mass is 9.92. The fourth-order valence-electron chi connectivity index (χ4n) is 2.61. The van der Waals surface area contributed by atoms with Crippen LogP contribution in [0, 0.1) is 5.41 Å². The molecule has 1 atom stereocenters. The van der Waals surface area contributed by atoms with Crippen molar-refractivity contribution in [1.29, 1.82) is 0 Å². The van der Waals surface area contributed by atoms with Gasteiger partial charge in [0, 0.05) is 22.7 Å². The molecule has 0 aromatic heterocycles. The van der Waals surface area contributed by atoms with Gasteiger partial charge in [-0.15, -0.1) is 11.8 Å². The molecule has 0 spiro atoms. The van der Waals surface area contributed by atoms with Crippen molar-refractivity contribution in [3.8, 4) is 0 Å². The number of benzene rings is 2. The monoisotopic (exact) mass is 438 g/mol. The SMILES string of the molecule is CC(Sc1cccc(NC(=O)CC(C)(C)C)c1)C(=O)Nc1cccc(C(F)(F)F)c1. The molecular formula is C22H25F3N2O2S. The summed E-state index contributed by atoms with van der Waals surface area (Å²) >= 11 is 1.25. The molecule has 4 nitrogen and oxygen atoms in total. The summed E-state index contributed by atoms with van der Waals surface area (Å²) in [6.45, 7) is 7.59. The molecule has 0 radical (unpaired) electrons. The number of anilines is 2. The predicted molar refractivity (Wildman–Crippen MR) is 115 cm³/mol. The highest BCUT2D eigenvalue weighted by atomic mass is 32.2. The van der Waals surface area contributed by atoms with Gasteiger partial charge in [-0.1, -0.05) is 32.9 Å². The van der Waals surface area contributed by atoms with Gasteiger partial charge in [0.05, 0.1) is 10.8 Å². The van der Waals surface area contributed by atoms with E-state index >= 15 is 0 Å². The minimum atomic E-state index is -4.47. The molecule has 2 amide bonds. The first kappa shape index (κ1) is 23.8. The maximum Gasteiger partial charge on any atom is 0.416 e. The van der Waals surface area contributed by atoms with Crippen LogP contribution in [0.1, 0.15) is 39.7 Å². The van der Waals surface area contributed by atoms with E-state index in [0.717, 1.165) is 17.0 Å². The summed E-state index contributed by atoms with van der Waals surface area (Å²) in [5.74, 6) is -0.513. The Bertz CT molecular complexity index is 908. The van der Waals surface area contributed by atoms with Crippen molar-refractivity contribution in [3.05, 3.63) is 54.1 Å². The number of rotatable bonds is 6. The number of nitrogens with one attached hydrogen (secondary N) is 2. The first-order valence-electron chi connectivity index (χ1n) is 9.38. The Balaban J connectivity index is 2.00. The van der Waals surface area contributed by atoms with Crippen LogP contribution in [0.15, 0.2) is 53.4 Å². The van der Waals surface area contributed by atoms with Gasteiger partial charge in [0.25, 0.3) is 0 Å². The topological polar surface area (TPSA) is 58.2 Å². The van der Waals surface area contributed by atoms with Crippen molar-refractivity contribution in [1.82, 2.24) is 0 Å². The first-order chi connectivity index (χ1) is 13.8. The number of alkyl halides is 3. The number of hydrogen-bond donors (Lipinski definition) is 2. The molecule has 8 heteroatoms. The van der Waals surface area contributed by atoms with E-state index < -0.39 is 22.9 Å². The summed E-state index contributed by atoms with van der Waals surface area (Å²) in [4.78, 5) is 25.3. The zero-order valence-corrected chi connectivity index (χ0v) is 18.1. The van der Waals surface area contributed by atoms with E-state index in [2.05, 4.69) is 10.6 Å². The molecule has 2 aromatic carbocycles. The van der Waals surface area contributed by atoms with Crippen LogP contribution in [0.5, 0.6) is 0 Å². The van der Waals surface area contributed by atoms with Gasteiger partial charge in [-0.25, -0.2) is 0 Å². The Morgan fingerprint density at radius 2 is 1.57 bits per heavy atom. The van der Waals surface area contributed by atoms with Gasteiger partial charge in [0.1, 0.15) is 0 Å². The molecule has 0 aliphatic carbocycles. The van der Waals surface area contributed by atoms with Gasteiger partial charge in [-0.2, -0.15) is 13.2 Å². The second-order valence-electron chi connectivity index (χ2n) is 8.14. The lowest BCUT2D eigenvalue weighted by Crippen LogP contribution is -2.22. The number of amides is 2. The normalized spacial score (nSPS) is 12.9. The minimum Gasteiger partial charge on any atom is -0.326 e. The molecule has 30 heavy (non-hydrogen) atoms. The summed E-state index contributed by atoms with van der Waals surface area (Å²) in [7, 11) is 0. The fraction of sp³-hybridized carbons (Fsp3) is 0.364. The van der Waals surface area contributed by atoms with E-state index in [4.69, 9.17) is 0 Å². The zero-order chi connectivity index (χ0) is 22.5. The molecule has 2 aromatic rings. The molecular weight excluding hydrogens is 413 g/mol. The van der Waals surface area contributed by atoms with E-state index in [1.807, 2.05) is 20.8 Å². The molecule has 0 saturated heterocycles. The first-order valence-corrected chi connectivity index (χ1v) is 10.3. The van der Waals surface area contributed by atoms with Gasteiger partial charge >= 0.3 is 6.18 Å². The molecule has 0 fully saturated rings. The van der Waals surface area contributed by atoms with Crippen LogP contribution in [0.25, 0.3) is 0 Å². The molecule has 2 N–H and O–H groups in total. The Labute approximate surface area is 178 Å². The lowest BCUT2D eigenvalue weighted by molar-refractivity contribution is -0.137. The maximum absolute atomic E-state index is 12.8. The van der Waals surface area contributed by atoms with Crippen LogP contribution in [0.2, 0.25) is 0 Å². The highest BCUT2D eigenvalue weighted by Crippen LogP contribution is 2.31. The van der Waals surface area contributed by atoms with Gasteiger partial charge in [-0.3, -0.25) is 9.59 Å². The Morgan fingerprint density at radius 1 is 0.967 bits per heavy atom. The van der Waals surface area contributed by atoms with Gasteiger partial charge in [-0.05, 0) is 48.7 Å². The summed E-state index contributed by atoms with van der Waals surface area (Å²) in [5, 5.41) is 4.80. The molecule has 2 rings (SSSR count). The average Bonchev–Trinajstić information content (AvgIpc) is 2.59. The van der Waals surface area contributed by atoms with E-state index in [1.165, 1.54) is 23.9 Å². The Hall–Kier alpha value is -2.48. The third-order valence-electron chi connectivity index (χ3n) is 3.95. The number of hydrogen-bond acceptors (Lipinski definition) is 3. The predicted octanol–water partition coefficient (Wildman–Crippen LogP) is 6.20. The van der Waals surface area contributed by atoms with Crippen LogP contribution < -0.4 is 10.6 Å². The standard InChI is InChI=1S/C22H25F3N2O2S/c1-14(20(29)27-16-8-5-7-15(11-16)22(23,24)25)30-18-10-6-9-17(12-18)26-19(28)13-21(2,3)4/h5-12,14H,13H2,1-4H3,(H,26,28)(H,27,29). The largest absolute Gasteiger partial charge is 0.416 e. The smallest absolute Gasteiger partial charge is 0.326 e. The number of thioether (sulfide) groups is 1. The summed E-state index contributed by atoms with van der Waals surface area (Å²) < 4.78 is 38.5. The third kappa shape index (κ3) is 7.74. The quantitative estimate of drug-likeness (QED) is 0.528. The van der Waals surface area contributed by atoms with Crippen LogP contribution in [0.3, 0.4) is 0 Å². The van der Waals surface area contributed by atoms with Crippen molar-refractivity contribution in [2.75, 3.05) is 10.6 Å². The minimum absolute atomic E-state index is 0.0884. The highest BCUT2D eigenvalue weighted by molar-refractivity contribution is 8.00. The Morgan fingerprint density at radius 3 is 2.17 bits per heavy atom. The summed E-state index contributed by atoms with van der Waals surface area (Å²) in [6.07, 6.45) is -4.10. The van der Waals surface area contributed by atoms with E-state index in [9.17, 15) is 22.8 Å². The van der Waals surface area contributed by atoms with E-state index in [1.54, 1.807) is 31.2 Å². The third-order valence-corrected chi connectivity index (χ3v) is 5.04. The average molecular weight is 439 g/mol. The van der Waals surface area contributed by atoms with E-state index in [-0.39, 0.29) is 17.0 Å². The Kier molecular flexibility index (Phi) is 7.58. The lowest BCUT2D eigenvalue weighted by Gasteiger charge is -2.17. The molecule has 1 unspecified atom stereocenters. The van der Waals surface area contributed by atoms with Gasteiger partial charge in [0.2, 0.25) is 11.8 Å². The van der Waals surface area contributed by atoms with Crippen LogP contribution in [-0.4, -0.2) is 17.1 Å².